The first-order chi connectivity index (χ1) is 22.8. The van der Waals surface area contributed by atoms with Crippen LogP contribution in [0.5, 0.6) is 0 Å². The van der Waals surface area contributed by atoms with Gasteiger partial charge in [-0.25, -0.2) is 0 Å². The molecule has 0 aliphatic heterocycles. The molecule has 0 heteroatoms. The molecule has 220 valence electrons. The van der Waals surface area contributed by atoms with Crippen LogP contribution in [0.15, 0.2) is 182 Å². The van der Waals surface area contributed by atoms with E-state index < -0.39 is 0 Å². The predicted octanol–water partition coefficient (Wildman–Crippen LogP) is 13.4. The summed E-state index contributed by atoms with van der Waals surface area (Å²) in [6.07, 6.45) is 0. The molecule has 0 aliphatic carbocycles. The van der Waals surface area contributed by atoms with Crippen molar-refractivity contribution in [1.29, 1.82) is 0 Å². The molecule has 0 amide bonds. The largest absolute Gasteiger partial charge is 0.0683 e. The quantitative estimate of drug-likeness (QED) is 0.175. The lowest BCUT2D eigenvalue weighted by atomic mass is 9.83. The maximum Gasteiger partial charge on any atom is -0.00201 e. The first-order valence-electron chi connectivity index (χ1n) is 16.2. The van der Waals surface area contributed by atoms with E-state index in [9.17, 15) is 0 Å². The van der Waals surface area contributed by atoms with Crippen LogP contribution in [0.1, 0.15) is 13.8 Å². The minimum absolute atomic E-state index is 1.22. The lowest BCUT2D eigenvalue weighted by Gasteiger charge is -2.20. The molecular weight excluding hydrogens is 553 g/mol. The van der Waals surface area contributed by atoms with Crippen molar-refractivity contribution in [3.05, 3.63) is 182 Å². The van der Waals surface area contributed by atoms with Crippen molar-refractivity contribution in [2.75, 3.05) is 0 Å². The molecule has 0 saturated carbocycles. The molecule has 0 aliphatic rings. The number of hydrogen-bond donors (Lipinski definition) is 0. The molecule has 8 rings (SSSR count). The zero-order valence-electron chi connectivity index (χ0n) is 26.3. The summed E-state index contributed by atoms with van der Waals surface area (Å²) in [6.45, 7) is 4.00. The molecule has 0 saturated heterocycles. The summed E-state index contributed by atoms with van der Waals surface area (Å²) in [4.78, 5) is 0. The summed E-state index contributed by atoms with van der Waals surface area (Å²) >= 11 is 0. The van der Waals surface area contributed by atoms with E-state index in [4.69, 9.17) is 0 Å². The average Bonchev–Trinajstić information content (AvgIpc) is 3.15. The van der Waals surface area contributed by atoms with Gasteiger partial charge in [-0.2, -0.15) is 0 Å². The van der Waals surface area contributed by atoms with Crippen LogP contribution in [0.3, 0.4) is 0 Å². The number of rotatable bonds is 5. The Morgan fingerprint density at radius 1 is 0.239 bits per heavy atom. The molecular formula is C46H36. The van der Waals surface area contributed by atoms with Crippen LogP contribution in [-0.2, 0) is 0 Å². The summed E-state index contributed by atoms with van der Waals surface area (Å²) in [5.74, 6) is 0. The van der Waals surface area contributed by atoms with E-state index in [-0.39, 0.29) is 0 Å². The van der Waals surface area contributed by atoms with Crippen molar-refractivity contribution in [1.82, 2.24) is 0 Å². The molecule has 8 aromatic rings. The molecule has 0 aromatic heterocycles. The molecule has 46 heavy (non-hydrogen) atoms. The first-order valence-corrected chi connectivity index (χ1v) is 16.2. The molecule has 0 N–H and O–H groups in total. The van der Waals surface area contributed by atoms with Gasteiger partial charge in [0.25, 0.3) is 0 Å². The molecule has 8 aromatic carbocycles. The molecule has 0 radical (unpaired) electrons. The van der Waals surface area contributed by atoms with Crippen LogP contribution >= 0.6 is 0 Å². The van der Waals surface area contributed by atoms with Gasteiger partial charge in [0.05, 0.1) is 0 Å². The van der Waals surface area contributed by atoms with Gasteiger partial charge in [0.15, 0.2) is 0 Å². The lowest BCUT2D eigenvalue weighted by Crippen LogP contribution is -1.93. The van der Waals surface area contributed by atoms with E-state index >= 15 is 0 Å². The van der Waals surface area contributed by atoms with Crippen molar-refractivity contribution >= 4 is 21.5 Å². The third-order valence-corrected chi connectivity index (χ3v) is 8.69. The summed E-state index contributed by atoms with van der Waals surface area (Å²) in [7, 11) is 0. The normalized spacial score (nSPS) is 10.8. The number of fused-ring (bicyclic) bond motifs is 2. The van der Waals surface area contributed by atoms with Gasteiger partial charge in [-0.15, -0.1) is 0 Å². The van der Waals surface area contributed by atoms with Crippen molar-refractivity contribution in [2.45, 2.75) is 13.8 Å². The standard InChI is InChI=1S/C44H30.C2H6/c1-3-14-31(15-4-1)32-26-28-33(29-27-32)35-18-13-19-36(30-35)43-39-22-9-11-24-41(39)44(42-25-12-10-23-40(42)43)38-21-8-7-20-37(38)34-16-5-2-6-17-34;1-2/h1-30H;1-2H3. The Bertz CT molecular complexity index is 2180. The number of hydrogen-bond acceptors (Lipinski definition) is 0. The Kier molecular flexibility index (Phi) is 8.26. The smallest absolute Gasteiger partial charge is 0.00201 e. The summed E-state index contributed by atoms with van der Waals surface area (Å²) < 4.78 is 0. The molecule has 0 unspecified atom stereocenters. The van der Waals surface area contributed by atoms with Crippen molar-refractivity contribution in [3.63, 3.8) is 0 Å². The second-order valence-electron chi connectivity index (χ2n) is 11.3. The highest BCUT2D eigenvalue weighted by Crippen LogP contribution is 2.46. The maximum atomic E-state index is 2.35. The average molecular weight is 589 g/mol. The molecule has 0 fully saturated rings. The Morgan fingerprint density at radius 2 is 0.609 bits per heavy atom. The fourth-order valence-corrected chi connectivity index (χ4v) is 6.64. The van der Waals surface area contributed by atoms with E-state index in [0.717, 1.165) is 0 Å². The van der Waals surface area contributed by atoms with Crippen molar-refractivity contribution < 1.29 is 0 Å². The van der Waals surface area contributed by atoms with Gasteiger partial charge in [-0.05, 0) is 83.2 Å². The molecule has 0 nitrogen and oxygen atoms in total. The monoisotopic (exact) mass is 588 g/mol. The molecule has 0 spiro atoms. The maximum absolute atomic E-state index is 2.35. The highest BCUT2D eigenvalue weighted by atomic mass is 14.2. The van der Waals surface area contributed by atoms with Gasteiger partial charge in [0.1, 0.15) is 0 Å². The summed E-state index contributed by atoms with van der Waals surface area (Å²) in [5, 5.41) is 5.06. The van der Waals surface area contributed by atoms with E-state index in [1.54, 1.807) is 0 Å². The zero-order chi connectivity index (χ0) is 31.3. The zero-order valence-corrected chi connectivity index (χ0v) is 26.3. The Morgan fingerprint density at radius 3 is 1.17 bits per heavy atom. The minimum atomic E-state index is 1.22. The Balaban J connectivity index is 0.00000166. The fraction of sp³-hybridized carbons (Fsp3) is 0.0435. The van der Waals surface area contributed by atoms with Crippen LogP contribution in [0.2, 0.25) is 0 Å². The van der Waals surface area contributed by atoms with Gasteiger partial charge in [0.2, 0.25) is 0 Å². The van der Waals surface area contributed by atoms with E-state index in [0.29, 0.717) is 0 Å². The number of benzene rings is 8. The van der Waals surface area contributed by atoms with Gasteiger partial charge in [-0.3, -0.25) is 0 Å². The highest BCUT2D eigenvalue weighted by Gasteiger charge is 2.18. The van der Waals surface area contributed by atoms with Gasteiger partial charge < -0.3 is 0 Å². The van der Waals surface area contributed by atoms with Crippen LogP contribution in [-0.4, -0.2) is 0 Å². The predicted molar refractivity (Wildman–Crippen MR) is 200 cm³/mol. The summed E-state index contributed by atoms with van der Waals surface area (Å²) in [5.41, 5.74) is 12.4. The Hall–Kier alpha value is -5.72. The van der Waals surface area contributed by atoms with E-state index in [1.165, 1.54) is 77.2 Å². The van der Waals surface area contributed by atoms with Gasteiger partial charge in [0, 0.05) is 0 Å². The first kappa shape index (κ1) is 29.0. The SMILES string of the molecule is CC.c1ccc(-c2ccc(-c3cccc(-c4c5ccccc5c(-c5ccccc5-c5ccccc5)c5ccccc45)c3)cc2)cc1. The lowest BCUT2D eigenvalue weighted by molar-refractivity contribution is 1.50. The third-order valence-electron chi connectivity index (χ3n) is 8.69. The van der Waals surface area contributed by atoms with Crippen LogP contribution in [0, 0.1) is 0 Å². The highest BCUT2D eigenvalue weighted by molar-refractivity contribution is 6.22. The second-order valence-corrected chi connectivity index (χ2v) is 11.3. The van der Waals surface area contributed by atoms with Crippen molar-refractivity contribution in [2.24, 2.45) is 0 Å². The molecule has 0 atom stereocenters. The Labute approximate surface area is 272 Å². The van der Waals surface area contributed by atoms with Gasteiger partial charge in [-0.1, -0.05) is 190 Å². The minimum Gasteiger partial charge on any atom is -0.0683 e. The second kappa shape index (κ2) is 13.1. The molecule has 0 bridgehead atoms. The van der Waals surface area contributed by atoms with Crippen LogP contribution < -0.4 is 0 Å². The topological polar surface area (TPSA) is 0 Å². The van der Waals surface area contributed by atoms with E-state index in [2.05, 4.69) is 182 Å². The summed E-state index contributed by atoms with van der Waals surface area (Å²) in [6, 6.07) is 65.9. The van der Waals surface area contributed by atoms with Crippen LogP contribution in [0.4, 0.5) is 0 Å². The molecule has 0 heterocycles. The van der Waals surface area contributed by atoms with E-state index in [1.807, 2.05) is 13.8 Å². The van der Waals surface area contributed by atoms with Crippen molar-refractivity contribution in [3.8, 4) is 55.6 Å². The third kappa shape index (κ3) is 5.40. The van der Waals surface area contributed by atoms with Crippen LogP contribution in [0.25, 0.3) is 77.2 Å². The van der Waals surface area contributed by atoms with Gasteiger partial charge >= 0.3 is 0 Å². The fourth-order valence-electron chi connectivity index (χ4n) is 6.64.